The minimum absolute atomic E-state index is 1.01. The minimum Gasteiger partial charge on any atom is -0.0622 e. The Kier molecular flexibility index (Phi) is 1.33. The van der Waals surface area contributed by atoms with Crippen LogP contribution < -0.4 is 0 Å². The van der Waals surface area contributed by atoms with Crippen molar-refractivity contribution in [2.75, 3.05) is 0 Å². The lowest BCUT2D eigenvalue weighted by Crippen LogP contribution is -2.32. The molecule has 5 atom stereocenters. The van der Waals surface area contributed by atoms with Gasteiger partial charge in [0.25, 0.3) is 0 Å². The van der Waals surface area contributed by atoms with Crippen molar-refractivity contribution in [3.05, 3.63) is 0 Å². The lowest BCUT2D eigenvalue weighted by Gasteiger charge is -2.40. The average Bonchev–Trinajstić information content (AvgIpc) is 2.12. The van der Waals surface area contributed by atoms with Crippen LogP contribution in [0, 0.1) is 29.6 Å². The van der Waals surface area contributed by atoms with E-state index in [0.717, 1.165) is 29.6 Å². The normalized spacial score (nSPS) is 59.7. The molecule has 0 N–H and O–H groups in total. The molecule has 10 heavy (non-hydrogen) atoms. The summed E-state index contributed by atoms with van der Waals surface area (Å²) in [5, 5.41) is 0. The Labute approximate surface area is 64.0 Å². The summed E-state index contributed by atoms with van der Waals surface area (Å²) in [7, 11) is 0. The molecule has 0 amide bonds. The third-order valence-electron chi connectivity index (χ3n) is 4.14. The van der Waals surface area contributed by atoms with Crippen molar-refractivity contribution >= 4 is 0 Å². The molecule has 2 aliphatic carbocycles. The van der Waals surface area contributed by atoms with Crippen molar-refractivity contribution in [1.29, 1.82) is 0 Å². The Hall–Kier alpha value is 0. The van der Waals surface area contributed by atoms with E-state index in [2.05, 4.69) is 20.8 Å². The topological polar surface area (TPSA) is 0 Å². The van der Waals surface area contributed by atoms with Crippen molar-refractivity contribution in [3.8, 4) is 0 Å². The quantitative estimate of drug-likeness (QED) is 0.483. The van der Waals surface area contributed by atoms with E-state index in [-0.39, 0.29) is 0 Å². The highest BCUT2D eigenvalue weighted by molar-refractivity contribution is 4.97. The summed E-state index contributed by atoms with van der Waals surface area (Å²) in [6, 6.07) is 0. The Balaban J connectivity index is 2.06. The summed E-state index contributed by atoms with van der Waals surface area (Å²) in [4.78, 5) is 0. The zero-order valence-corrected chi connectivity index (χ0v) is 7.30. The van der Waals surface area contributed by atoms with Gasteiger partial charge < -0.3 is 0 Å². The molecule has 0 nitrogen and oxygen atoms in total. The summed E-state index contributed by atoms with van der Waals surface area (Å²) in [6.07, 6.45) is 3.04. The zero-order chi connectivity index (χ0) is 7.30. The molecule has 0 heteroatoms. The molecule has 58 valence electrons. The standard InChI is InChI=1S/C10H18/c1-6-4-9-7(2)5-10(9)8(6)3/h6-10H,4-5H2,1-3H3. The van der Waals surface area contributed by atoms with E-state index in [1.807, 2.05) is 0 Å². The molecule has 0 aromatic heterocycles. The van der Waals surface area contributed by atoms with E-state index >= 15 is 0 Å². The molecule has 2 saturated carbocycles. The van der Waals surface area contributed by atoms with Crippen molar-refractivity contribution in [2.24, 2.45) is 29.6 Å². The first-order valence-corrected chi connectivity index (χ1v) is 4.70. The second-order valence-corrected chi connectivity index (χ2v) is 4.61. The maximum absolute atomic E-state index is 2.45. The van der Waals surface area contributed by atoms with Crippen LogP contribution in [0.5, 0.6) is 0 Å². The maximum atomic E-state index is 2.45. The van der Waals surface area contributed by atoms with Gasteiger partial charge in [0, 0.05) is 0 Å². The number of rotatable bonds is 0. The molecular formula is C10H18. The zero-order valence-electron chi connectivity index (χ0n) is 7.30. The van der Waals surface area contributed by atoms with Crippen LogP contribution in [0.1, 0.15) is 33.6 Å². The summed E-state index contributed by atoms with van der Waals surface area (Å²) in [5.41, 5.74) is 0. The number of hydrogen-bond donors (Lipinski definition) is 0. The van der Waals surface area contributed by atoms with Crippen LogP contribution in [0.25, 0.3) is 0 Å². The van der Waals surface area contributed by atoms with E-state index in [4.69, 9.17) is 0 Å². The van der Waals surface area contributed by atoms with Gasteiger partial charge in [0.05, 0.1) is 0 Å². The lowest BCUT2D eigenvalue weighted by molar-refractivity contribution is 0.0926. The molecule has 2 aliphatic rings. The monoisotopic (exact) mass is 138 g/mol. The largest absolute Gasteiger partial charge is 0.0622 e. The molecule has 0 bridgehead atoms. The van der Waals surface area contributed by atoms with Gasteiger partial charge in [0.2, 0.25) is 0 Å². The van der Waals surface area contributed by atoms with Crippen molar-refractivity contribution < 1.29 is 0 Å². The van der Waals surface area contributed by atoms with Gasteiger partial charge in [-0.1, -0.05) is 20.8 Å². The first kappa shape index (κ1) is 6.69. The fraction of sp³-hybridized carbons (Fsp3) is 1.00. The van der Waals surface area contributed by atoms with Crippen LogP contribution in [0.4, 0.5) is 0 Å². The highest BCUT2D eigenvalue weighted by Crippen LogP contribution is 2.55. The molecule has 0 radical (unpaired) electrons. The third kappa shape index (κ3) is 0.681. The van der Waals surface area contributed by atoms with Gasteiger partial charge in [-0.15, -0.1) is 0 Å². The van der Waals surface area contributed by atoms with Crippen LogP contribution in [0.2, 0.25) is 0 Å². The molecule has 2 fully saturated rings. The second kappa shape index (κ2) is 1.99. The van der Waals surface area contributed by atoms with Crippen LogP contribution in [-0.4, -0.2) is 0 Å². The Morgan fingerprint density at radius 1 is 0.800 bits per heavy atom. The first-order chi connectivity index (χ1) is 4.70. The molecule has 0 aliphatic heterocycles. The highest BCUT2D eigenvalue weighted by atomic mass is 14.5. The number of fused-ring (bicyclic) bond motifs is 1. The van der Waals surface area contributed by atoms with Crippen LogP contribution in [-0.2, 0) is 0 Å². The van der Waals surface area contributed by atoms with Crippen LogP contribution >= 0.6 is 0 Å². The second-order valence-electron chi connectivity index (χ2n) is 4.61. The predicted molar refractivity (Wildman–Crippen MR) is 43.7 cm³/mol. The Bertz CT molecular complexity index is 139. The number of hydrogen-bond acceptors (Lipinski definition) is 0. The molecule has 5 unspecified atom stereocenters. The van der Waals surface area contributed by atoms with Crippen LogP contribution in [0.15, 0.2) is 0 Å². The van der Waals surface area contributed by atoms with E-state index in [0.29, 0.717) is 0 Å². The fourth-order valence-electron chi connectivity index (χ4n) is 3.08. The average molecular weight is 138 g/mol. The molecule has 0 heterocycles. The van der Waals surface area contributed by atoms with Gasteiger partial charge in [-0.25, -0.2) is 0 Å². The Morgan fingerprint density at radius 2 is 1.40 bits per heavy atom. The van der Waals surface area contributed by atoms with Crippen molar-refractivity contribution in [3.63, 3.8) is 0 Å². The van der Waals surface area contributed by atoms with Gasteiger partial charge in [-0.3, -0.25) is 0 Å². The molecular weight excluding hydrogens is 120 g/mol. The maximum Gasteiger partial charge on any atom is -0.0352 e. The summed E-state index contributed by atoms with van der Waals surface area (Å²) in [5.74, 6) is 5.33. The van der Waals surface area contributed by atoms with E-state index in [9.17, 15) is 0 Å². The van der Waals surface area contributed by atoms with Gasteiger partial charge in [-0.05, 0) is 42.4 Å². The van der Waals surface area contributed by atoms with Gasteiger partial charge in [0.1, 0.15) is 0 Å². The summed E-state index contributed by atoms with van der Waals surface area (Å²) in [6.45, 7) is 7.29. The first-order valence-electron chi connectivity index (χ1n) is 4.70. The summed E-state index contributed by atoms with van der Waals surface area (Å²) < 4.78 is 0. The molecule has 0 spiro atoms. The van der Waals surface area contributed by atoms with Gasteiger partial charge in [-0.2, -0.15) is 0 Å². The van der Waals surface area contributed by atoms with Crippen molar-refractivity contribution in [1.82, 2.24) is 0 Å². The van der Waals surface area contributed by atoms with E-state index in [1.54, 1.807) is 0 Å². The fourth-order valence-corrected chi connectivity index (χ4v) is 3.08. The molecule has 0 saturated heterocycles. The van der Waals surface area contributed by atoms with Crippen LogP contribution in [0.3, 0.4) is 0 Å². The Morgan fingerprint density at radius 3 is 1.80 bits per heavy atom. The summed E-state index contributed by atoms with van der Waals surface area (Å²) >= 11 is 0. The molecule has 0 aromatic rings. The molecule has 0 aromatic carbocycles. The predicted octanol–water partition coefficient (Wildman–Crippen LogP) is 2.93. The third-order valence-corrected chi connectivity index (χ3v) is 4.14. The SMILES string of the molecule is CC1CC2C(C)CC2C1C. The highest BCUT2D eigenvalue weighted by Gasteiger charge is 2.48. The minimum atomic E-state index is 1.01. The molecule has 2 rings (SSSR count). The van der Waals surface area contributed by atoms with Gasteiger partial charge in [0.15, 0.2) is 0 Å². The smallest absolute Gasteiger partial charge is 0.0352 e. The van der Waals surface area contributed by atoms with Crippen molar-refractivity contribution in [2.45, 2.75) is 33.6 Å². The van der Waals surface area contributed by atoms with E-state index < -0.39 is 0 Å². The lowest BCUT2D eigenvalue weighted by atomic mass is 9.65. The van der Waals surface area contributed by atoms with Gasteiger partial charge >= 0.3 is 0 Å². The van der Waals surface area contributed by atoms with E-state index in [1.165, 1.54) is 12.8 Å².